The molecular formula is C13H19NO. The van der Waals surface area contributed by atoms with Crippen molar-refractivity contribution < 1.29 is 4.74 Å². The van der Waals surface area contributed by atoms with Crippen LogP contribution >= 0.6 is 0 Å². The second-order valence-electron chi connectivity index (χ2n) is 4.07. The van der Waals surface area contributed by atoms with Gasteiger partial charge in [0.05, 0.1) is 6.61 Å². The molecule has 82 valence electrons. The number of ether oxygens (including phenoxy) is 1. The fourth-order valence-corrected chi connectivity index (χ4v) is 1.85. The van der Waals surface area contributed by atoms with Crippen LogP contribution in [0.15, 0.2) is 24.3 Å². The van der Waals surface area contributed by atoms with Gasteiger partial charge in [-0.3, -0.25) is 0 Å². The van der Waals surface area contributed by atoms with Crippen molar-refractivity contribution in [3.8, 4) is 5.75 Å². The predicted molar refractivity (Wildman–Crippen MR) is 63.5 cm³/mol. The van der Waals surface area contributed by atoms with Gasteiger partial charge < -0.3 is 10.1 Å². The Morgan fingerprint density at radius 1 is 0.867 bits per heavy atom. The normalized spacial score (nSPS) is 17.9. The van der Waals surface area contributed by atoms with E-state index in [2.05, 4.69) is 17.4 Å². The van der Waals surface area contributed by atoms with E-state index in [9.17, 15) is 0 Å². The summed E-state index contributed by atoms with van der Waals surface area (Å²) in [5.74, 6) is 0.986. The Bertz CT molecular complexity index is 252. The zero-order valence-corrected chi connectivity index (χ0v) is 9.17. The molecule has 0 fully saturated rings. The lowest BCUT2D eigenvalue weighted by Gasteiger charge is -2.07. The van der Waals surface area contributed by atoms with E-state index < -0.39 is 0 Å². The summed E-state index contributed by atoms with van der Waals surface area (Å²) in [6, 6.07) is 8.26. The molecule has 1 N–H and O–H groups in total. The minimum atomic E-state index is 0.854. The summed E-state index contributed by atoms with van der Waals surface area (Å²) in [5, 5.41) is 3.42. The Kier molecular flexibility index (Phi) is 3.89. The average molecular weight is 205 g/mol. The highest BCUT2D eigenvalue weighted by Crippen LogP contribution is 2.17. The molecule has 0 saturated carbocycles. The lowest BCUT2D eigenvalue weighted by molar-refractivity contribution is 0.304. The molecule has 0 amide bonds. The van der Waals surface area contributed by atoms with Gasteiger partial charge in [0.1, 0.15) is 5.75 Å². The first kappa shape index (κ1) is 10.3. The van der Waals surface area contributed by atoms with Crippen LogP contribution in [0.2, 0.25) is 0 Å². The van der Waals surface area contributed by atoms with Crippen molar-refractivity contribution in [1.82, 2.24) is 0 Å². The van der Waals surface area contributed by atoms with Crippen LogP contribution in [0.1, 0.15) is 32.1 Å². The summed E-state index contributed by atoms with van der Waals surface area (Å²) in [5.41, 5.74) is 1.20. The Balaban J connectivity index is 1.97. The molecular weight excluding hydrogens is 186 g/mol. The Hall–Kier alpha value is -1.18. The van der Waals surface area contributed by atoms with Gasteiger partial charge in [0, 0.05) is 12.2 Å². The minimum Gasteiger partial charge on any atom is -0.494 e. The standard InChI is InChI=1S/C13H19NO/c1-2-4-10-14-12-6-8-13(9-7-12)15-11-5-3-1/h6-9,14H,1-5,10-11H2. The summed E-state index contributed by atoms with van der Waals surface area (Å²) < 4.78 is 5.64. The molecule has 1 aromatic carbocycles. The summed E-state index contributed by atoms with van der Waals surface area (Å²) in [6.07, 6.45) is 6.38. The fourth-order valence-electron chi connectivity index (χ4n) is 1.85. The van der Waals surface area contributed by atoms with E-state index in [0.717, 1.165) is 18.9 Å². The maximum absolute atomic E-state index is 5.64. The van der Waals surface area contributed by atoms with Gasteiger partial charge in [-0.2, -0.15) is 0 Å². The zero-order valence-electron chi connectivity index (χ0n) is 9.17. The molecule has 0 spiro atoms. The number of anilines is 1. The van der Waals surface area contributed by atoms with Crippen molar-refractivity contribution in [3.05, 3.63) is 24.3 Å². The molecule has 2 heterocycles. The van der Waals surface area contributed by atoms with Gasteiger partial charge in [0.25, 0.3) is 0 Å². The topological polar surface area (TPSA) is 21.3 Å². The van der Waals surface area contributed by atoms with E-state index in [-0.39, 0.29) is 0 Å². The third kappa shape index (κ3) is 3.46. The molecule has 2 aliphatic rings. The third-order valence-electron chi connectivity index (χ3n) is 2.77. The van der Waals surface area contributed by atoms with Crippen LogP contribution in [0.5, 0.6) is 5.75 Å². The van der Waals surface area contributed by atoms with Crippen LogP contribution in [0.3, 0.4) is 0 Å². The predicted octanol–water partition coefficient (Wildman–Crippen LogP) is 3.44. The molecule has 0 saturated heterocycles. The van der Waals surface area contributed by atoms with E-state index in [1.165, 1.54) is 37.8 Å². The van der Waals surface area contributed by atoms with Crippen LogP contribution in [0, 0.1) is 0 Å². The maximum Gasteiger partial charge on any atom is 0.119 e. The molecule has 1 aromatic rings. The molecule has 15 heavy (non-hydrogen) atoms. The molecule has 0 aromatic heterocycles. The van der Waals surface area contributed by atoms with Crippen molar-refractivity contribution in [1.29, 1.82) is 0 Å². The SMILES string of the molecule is c1cc2ccc1NCCCCCCCO2. The van der Waals surface area contributed by atoms with Gasteiger partial charge in [-0.15, -0.1) is 0 Å². The van der Waals surface area contributed by atoms with E-state index in [4.69, 9.17) is 4.74 Å². The highest BCUT2D eigenvalue weighted by atomic mass is 16.5. The second kappa shape index (κ2) is 5.64. The molecule has 0 atom stereocenters. The molecule has 2 bridgehead atoms. The van der Waals surface area contributed by atoms with Gasteiger partial charge in [-0.05, 0) is 37.1 Å². The lowest BCUT2D eigenvalue weighted by atomic mass is 10.1. The molecule has 0 radical (unpaired) electrons. The maximum atomic E-state index is 5.64. The molecule has 3 rings (SSSR count). The number of nitrogens with one attached hydrogen (secondary N) is 1. The van der Waals surface area contributed by atoms with Gasteiger partial charge in [0.15, 0.2) is 0 Å². The Morgan fingerprint density at radius 3 is 2.47 bits per heavy atom. The second-order valence-corrected chi connectivity index (χ2v) is 4.07. The van der Waals surface area contributed by atoms with Gasteiger partial charge in [-0.1, -0.05) is 19.3 Å². The monoisotopic (exact) mass is 205 g/mol. The summed E-state index contributed by atoms with van der Waals surface area (Å²) in [7, 11) is 0. The first-order valence-corrected chi connectivity index (χ1v) is 5.92. The number of rotatable bonds is 0. The van der Waals surface area contributed by atoms with Gasteiger partial charge in [-0.25, -0.2) is 0 Å². The first-order chi connectivity index (χ1) is 7.45. The molecule has 0 unspecified atom stereocenters. The van der Waals surface area contributed by atoms with Gasteiger partial charge >= 0.3 is 0 Å². The highest BCUT2D eigenvalue weighted by molar-refractivity contribution is 5.46. The van der Waals surface area contributed by atoms with Crippen LogP contribution in [-0.4, -0.2) is 13.2 Å². The number of fused-ring (bicyclic) bond motifs is 10. The summed E-state index contributed by atoms with van der Waals surface area (Å²) >= 11 is 0. The van der Waals surface area contributed by atoms with E-state index in [0.29, 0.717) is 0 Å². The van der Waals surface area contributed by atoms with Gasteiger partial charge in [0.2, 0.25) is 0 Å². The average Bonchev–Trinajstić information content (AvgIpc) is 2.31. The van der Waals surface area contributed by atoms with E-state index >= 15 is 0 Å². The minimum absolute atomic E-state index is 0.854. The summed E-state index contributed by atoms with van der Waals surface area (Å²) in [6.45, 7) is 1.94. The molecule has 0 aliphatic carbocycles. The zero-order chi connectivity index (χ0) is 10.3. The summed E-state index contributed by atoms with van der Waals surface area (Å²) in [4.78, 5) is 0. The van der Waals surface area contributed by atoms with Crippen LogP contribution in [0.4, 0.5) is 5.69 Å². The van der Waals surface area contributed by atoms with Crippen LogP contribution in [-0.2, 0) is 0 Å². The smallest absolute Gasteiger partial charge is 0.119 e. The highest BCUT2D eigenvalue weighted by Gasteiger charge is 1.98. The Labute approximate surface area is 91.6 Å². The van der Waals surface area contributed by atoms with Crippen LogP contribution in [0.25, 0.3) is 0 Å². The fraction of sp³-hybridized carbons (Fsp3) is 0.538. The third-order valence-corrected chi connectivity index (χ3v) is 2.77. The lowest BCUT2D eigenvalue weighted by Crippen LogP contribution is -2.00. The molecule has 2 aliphatic heterocycles. The van der Waals surface area contributed by atoms with Crippen molar-refractivity contribution >= 4 is 5.69 Å². The van der Waals surface area contributed by atoms with Crippen molar-refractivity contribution in [3.63, 3.8) is 0 Å². The number of benzene rings is 1. The van der Waals surface area contributed by atoms with Crippen molar-refractivity contribution in [2.45, 2.75) is 32.1 Å². The first-order valence-electron chi connectivity index (χ1n) is 5.92. The number of hydrogen-bond donors (Lipinski definition) is 1. The Morgan fingerprint density at radius 2 is 1.60 bits per heavy atom. The largest absolute Gasteiger partial charge is 0.494 e. The van der Waals surface area contributed by atoms with Crippen molar-refractivity contribution in [2.75, 3.05) is 18.5 Å². The number of hydrogen-bond acceptors (Lipinski definition) is 2. The molecule has 2 nitrogen and oxygen atoms in total. The molecule has 2 heteroatoms. The van der Waals surface area contributed by atoms with E-state index in [1.54, 1.807) is 0 Å². The van der Waals surface area contributed by atoms with Crippen LogP contribution < -0.4 is 10.1 Å². The van der Waals surface area contributed by atoms with E-state index in [1.807, 2.05) is 12.1 Å². The quantitative estimate of drug-likeness (QED) is 0.700. The van der Waals surface area contributed by atoms with Crippen molar-refractivity contribution in [2.24, 2.45) is 0 Å².